The smallest absolute Gasteiger partial charge is 0.326 e. The second-order valence-electron chi connectivity index (χ2n) is 10.4. The largest absolute Gasteiger partial charge is 0.459 e. The zero-order chi connectivity index (χ0) is 29.6. The van der Waals surface area contributed by atoms with E-state index in [1.54, 1.807) is 75.6 Å². The fourth-order valence-corrected chi connectivity index (χ4v) is 5.71. The number of hydrogen-bond acceptors (Lipinski definition) is 9. The van der Waals surface area contributed by atoms with Gasteiger partial charge in [-0.25, -0.2) is 18.4 Å². The summed E-state index contributed by atoms with van der Waals surface area (Å²) in [4.78, 5) is 38.7. The van der Waals surface area contributed by atoms with E-state index >= 15 is 0 Å². The molecule has 0 unspecified atom stereocenters. The van der Waals surface area contributed by atoms with Crippen LogP contribution >= 0.6 is 11.6 Å². The van der Waals surface area contributed by atoms with Crippen molar-refractivity contribution in [3.63, 3.8) is 0 Å². The number of ether oxygens (including phenoxy) is 1. The van der Waals surface area contributed by atoms with Gasteiger partial charge < -0.3 is 19.9 Å². The van der Waals surface area contributed by atoms with Crippen molar-refractivity contribution in [3.8, 4) is 0 Å². The Morgan fingerprint density at radius 1 is 0.976 bits per heavy atom. The quantitative estimate of drug-likeness (QED) is 0.356. The molecule has 0 radical (unpaired) electrons. The predicted molar refractivity (Wildman–Crippen MR) is 157 cm³/mol. The summed E-state index contributed by atoms with van der Waals surface area (Å²) in [5, 5.41) is 3.03. The number of nitrogens with one attached hydrogen (secondary N) is 2. The minimum absolute atomic E-state index is 0.0145. The van der Waals surface area contributed by atoms with Gasteiger partial charge >= 0.3 is 5.97 Å². The Morgan fingerprint density at radius 2 is 1.61 bits per heavy atom. The highest BCUT2D eigenvalue weighted by Crippen LogP contribution is 2.28. The Kier molecular flexibility index (Phi) is 9.46. The summed E-state index contributed by atoms with van der Waals surface area (Å²) in [6.07, 6.45) is 3.42. The lowest BCUT2D eigenvalue weighted by Crippen LogP contribution is -2.50. The normalized spacial score (nSPS) is 14.8. The lowest BCUT2D eigenvalue weighted by molar-refractivity contribution is -0.156. The number of benzene rings is 2. The van der Waals surface area contributed by atoms with Gasteiger partial charge in [-0.3, -0.25) is 9.59 Å². The van der Waals surface area contributed by atoms with E-state index in [-0.39, 0.29) is 17.0 Å². The number of hydrogen-bond donors (Lipinski definition) is 2. The van der Waals surface area contributed by atoms with Crippen LogP contribution < -0.4 is 19.8 Å². The van der Waals surface area contributed by atoms with Gasteiger partial charge in [-0.15, -0.1) is 0 Å². The number of esters is 1. The third-order valence-corrected chi connectivity index (χ3v) is 7.96. The van der Waals surface area contributed by atoms with Crippen molar-refractivity contribution in [1.29, 1.82) is 0 Å². The SMILES string of the molecule is CC(C)(C)OC(=O)[C@H](CNC(=O)c1ccc(N2CCN(c3ncccn3)CC2)c(Cl)c1)NS(=O)(=O)c1ccccc1. The first-order valence-electron chi connectivity index (χ1n) is 13.1. The highest BCUT2D eigenvalue weighted by Gasteiger charge is 2.30. The second-order valence-corrected chi connectivity index (χ2v) is 12.5. The number of sulfonamides is 1. The number of nitrogens with zero attached hydrogens (tertiary/aromatic N) is 4. The van der Waals surface area contributed by atoms with Gasteiger partial charge in [0.05, 0.1) is 15.6 Å². The number of rotatable bonds is 9. The van der Waals surface area contributed by atoms with Crippen molar-refractivity contribution in [2.45, 2.75) is 37.3 Å². The summed E-state index contributed by atoms with van der Waals surface area (Å²) < 4.78 is 33.6. The van der Waals surface area contributed by atoms with Crippen molar-refractivity contribution >= 4 is 45.1 Å². The van der Waals surface area contributed by atoms with Gasteiger partial charge in [-0.2, -0.15) is 4.72 Å². The van der Waals surface area contributed by atoms with Crippen molar-refractivity contribution in [2.75, 3.05) is 42.5 Å². The lowest BCUT2D eigenvalue weighted by atomic mass is 10.1. The van der Waals surface area contributed by atoms with Gasteiger partial charge in [0.2, 0.25) is 16.0 Å². The van der Waals surface area contributed by atoms with Crippen molar-refractivity contribution in [1.82, 2.24) is 20.0 Å². The molecular weight excluding hydrogens is 568 g/mol. The Labute approximate surface area is 244 Å². The Bertz CT molecular complexity index is 1460. The first-order valence-corrected chi connectivity index (χ1v) is 14.9. The van der Waals surface area contributed by atoms with Crippen LogP contribution in [-0.2, 0) is 19.6 Å². The molecule has 1 aromatic heterocycles. The Morgan fingerprint density at radius 3 is 2.22 bits per heavy atom. The molecule has 2 heterocycles. The highest BCUT2D eigenvalue weighted by atomic mass is 35.5. The van der Waals surface area contributed by atoms with Crippen LogP contribution in [0.4, 0.5) is 11.6 Å². The summed E-state index contributed by atoms with van der Waals surface area (Å²) in [6, 6.07) is 13.0. The van der Waals surface area contributed by atoms with E-state index in [4.69, 9.17) is 16.3 Å². The van der Waals surface area contributed by atoms with E-state index in [0.29, 0.717) is 37.1 Å². The van der Waals surface area contributed by atoms with Crippen molar-refractivity contribution in [2.24, 2.45) is 0 Å². The molecule has 0 bridgehead atoms. The molecule has 0 saturated carbocycles. The van der Waals surface area contributed by atoms with Crippen LogP contribution in [0.3, 0.4) is 0 Å². The van der Waals surface area contributed by atoms with Crippen LogP contribution in [0.1, 0.15) is 31.1 Å². The fraction of sp³-hybridized carbons (Fsp3) is 0.357. The van der Waals surface area contributed by atoms with Gasteiger partial charge in [0, 0.05) is 50.7 Å². The fourth-order valence-electron chi connectivity index (χ4n) is 4.20. The van der Waals surface area contributed by atoms with Gasteiger partial charge in [-0.1, -0.05) is 29.8 Å². The van der Waals surface area contributed by atoms with Crippen LogP contribution in [-0.4, -0.2) is 74.6 Å². The Hall–Kier alpha value is -3.74. The van der Waals surface area contributed by atoms with Gasteiger partial charge in [0.1, 0.15) is 11.6 Å². The first-order chi connectivity index (χ1) is 19.4. The van der Waals surface area contributed by atoms with Crippen LogP contribution in [0.2, 0.25) is 5.02 Å². The topological polar surface area (TPSA) is 134 Å². The summed E-state index contributed by atoms with van der Waals surface area (Å²) in [7, 11) is -4.06. The predicted octanol–water partition coefficient (Wildman–Crippen LogP) is 2.88. The minimum atomic E-state index is -4.06. The molecular formula is C28H33ClN6O5S. The molecule has 1 atom stereocenters. The summed E-state index contributed by atoms with van der Waals surface area (Å²) in [6.45, 7) is 7.51. The number of aromatic nitrogens is 2. The molecule has 11 nitrogen and oxygen atoms in total. The lowest BCUT2D eigenvalue weighted by Gasteiger charge is -2.36. The molecule has 218 valence electrons. The molecule has 0 aliphatic carbocycles. The molecule has 2 N–H and O–H groups in total. The van der Waals surface area contributed by atoms with Crippen molar-refractivity contribution < 1.29 is 22.7 Å². The third kappa shape index (κ3) is 8.15. The van der Waals surface area contributed by atoms with Crippen LogP contribution in [0.25, 0.3) is 0 Å². The number of carbonyl (C=O) groups excluding carboxylic acids is 2. The molecule has 3 aromatic rings. The average Bonchev–Trinajstić information content (AvgIpc) is 2.95. The molecule has 41 heavy (non-hydrogen) atoms. The molecule has 13 heteroatoms. The first kappa shape index (κ1) is 30.2. The summed E-state index contributed by atoms with van der Waals surface area (Å²) in [5.41, 5.74) is 0.198. The van der Waals surface area contributed by atoms with E-state index in [1.807, 2.05) is 0 Å². The molecule has 1 fully saturated rings. The Balaban J connectivity index is 1.41. The number of halogens is 1. The zero-order valence-electron chi connectivity index (χ0n) is 23.1. The molecule has 1 aliphatic rings. The van der Waals surface area contributed by atoms with Crippen LogP contribution in [0, 0.1) is 0 Å². The molecule has 4 rings (SSSR count). The monoisotopic (exact) mass is 600 g/mol. The number of anilines is 2. The van der Waals surface area contributed by atoms with Gasteiger partial charge in [0.15, 0.2) is 0 Å². The molecule has 1 amide bonds. The molecule has 0 spiro atoms. The maximum absolute atomic E-state index is 13.0. The zero-order valence-corrected chi connectivity index (χ0v) is 24.7. The minimum Gasteiger partial charge on any atom is -0.459 e. The van der Waals surface area contributed by atoms with Gasteiger partial charge in [0.25, 0.3) is 5.91 Å². The summed E-state index contributed by atoms with van der Waals surface area (Å²) in [5.74, 6) is -0.649. The van der Waals surface area contributed by atoms with E-state index < -0.39 is 33.5 Å². The number of piperazine rings is 1. The maximum atomic E-state index is 13.0. The van der Waals surface area contributed by atoms with Crippen LogP contribution in [0.15, 0.2) is 71.9 Å². The maximum Gasteiger partial charge on any atom is 0.326 e. The van der Waals surface area contributed by atoms with E-state index in [9.17, 15) is 18.0 Å². The van der Waals surface area contributed by atoms with Gasteiger partial charge in [-0.05, 0) is 57.2 Å². The van der Waals surface area contributed by atoms with Crippen LogP contribution in [0.5, 0.6) is 0 Å². The standard InChI is InChI=1S/C28H33ClN6O5S/c1-28(2,3)40-26(37)23(33-41(38,39)21-8-5-4-6-9-21)19-32-25(36)20-10-11-24(22(29)18-20)34-14-16-35(17-15-34)27-30-12-7-13-31-27/h4-13,18,23,33H,14-17,19H2,1-3H3,(H,32,36)/t23-/m0/s1. The number of carbonyl (C=O) groups is 2. The molecule has 2 aromatic carbocycles. The van der Waals surface area contributed by atoms with E-state index in [2.05, 4.69) is 29.8 Å². The molecule has 1 saturated heterocycles. The van der Waals surface area contributed by atoms with E-state index in [0.717, 1.165) is 5.69 Å². The van der Waals surface area contributed by atoms with Crippen molar-refractivity contribution in [3.05, 3.63) is 77.6 Å². The number of amides is 1. The second kappa shape index (κ2) is 12.8. The van der Waals surface area contributed by atoms with E-state index in [1.165, 1.54) is 12.1 Å². The summed E-state index contributed by atoms with van der Waals surface area (Å²) >= 11 is 6.58. The third-order valence-electron chi connectivity index (χ3n) is 6.17. The average molecular weight is 601 g/mol. The highest BCUT2D eigenvalue weighted by molar-refractivity contribution is 7.89. The molecule has 1 aliphatic heterocycles.